The fourth-order valence-electron chi connectivity index (χ4n) is 2.50. The van der Waals surface area contributed by atoms with Gasteiger partial charge in [-0.15, -0.1) is 0 Å². The van der Waals surface area contributed by atoms with Gasteiger partial charge in [0, 0.05) is 20.1 Å². The number of hydrogen-bond donors (Lipinski definition) is 0. The molecule has 17 heavy (non-hydrogen) atoms. The minimum atomic E-state index is 0.682. The van der Waals surface area contributed by atoms with Crippen molar-refractivity contribution in [2.75, 3.05) is 20.3 Å². The predicted octanol–water partition coefficient (Wildman–Crippen LogP) is 3.54. The van der Waals surface area contributed by atoms with Gasteiger partial charge in [-0.05, 0) is 48.4 Å². The fraction of sp³-hybridized carbons (Fsp3) is 0.600. The summed E-state index contributed by atoms with van der Waals surface area (Å²) in [7, 11) is 1.72. The van der Waals surface area contributed by atoms with Crippen LogP contribution < -0.4 is 4.74 Å². The highest BCUT2D eigenvalue weighted by atomic mass is 16.5. The zero-order chi connectivity index (χ0) is 12.1. The molecule has 1 aromatic carbocycles. The van der Waals surface area contributed by atoms with Gasteiger partial charge in [0.1, 0.15) is 5.75 Å². The van der Waals surface area contributed by atoms with E-state index in [4.69, 9.17) is 9.47 Å². The molecule has 0 amide bonds. The fourth-order valence-corrected chi connectivity index (χ4v) is 2.50. The van der Waals surface area contributed by atoms with Crippen molar-refractivity contribution in [2.45, 2.75) is 38.5 Å². The first-order chi connectivity index (χ1) is 8.31. The van der Waals surface area contributed by atoms with Gasteiger partial charge < -0.3 is 9.47 Å². The first-order valence-electron chi connectivity index (χ1n) is 6.56. The van der Waals surface area contributed by atoms with E-state index in [1.807, 2.05) is 0 Å². The maximum absolute atomic E-state index is 5.74. The molecule has 1 aliphatic carbocycles. The normalized spacial score (nSPS) is 18.8. The van der Waals surface area contributed by atoms with Gasteiger partial charge in [-0.3, -0.25) is 0 Å². The molecule has 0 spiro atoms. The highest BCUT2D eigenvalue weighted by Gasteiger charge is 2.16. The smallest absolute Gasteiger partial charge is 0.119 e. The van der Waals surface area contributed by atoms with Crippen molar-refractivity contribution in [3.05, 3.63) is 29.3 Å². The van der Waals surface area contributed by atoms with Gasteiger partial charge in [-0.1, -0.05) is 13.0 Å². The molecule has 2 nitrogen and oxygen atoms in total. The Kier molecular flexibility index (Phi) is 4.43. The summed E-state index contributed by atoms with van der Waals surface area (Å²) in [6, 6.07) is 6.56. The van der Waals surface area contributed by atoms with Crippen LogP contribution in [0.5, 0.6) is 5.75 Å². The van der Waals surface area contributed by atoms with Gasteiger partial charge in [0.05, 0.1) is 6.61 Å². The van der Waals surface area contributed by atoms with Crippen LogP contribution in [0.4, 0.5) is 0 Å². The summed E-state index contributed by atoms with van der Waals surface area (Å²) < 4.78 is 10.7. The van der Waals surface area contributed by atoms with Crippen molar-refractivity contribution in [3.63, 3.8) is 0 Å². The number of rotatable bonds is 5. The highest BCUT2D eigenvalue weighted by Crippen LogP contribution is 2.33. The summed E-state index contributed by atoms with van der Waals surface area (Å²) in [6.45, 7) is 3.81. The first-order valence-corrected chi connectivity index (χ1v) is 6.56. The average molecular weight is 234 g/mol. The Bertz CT molecular complexity index is 360. The Balaban J connectivity index is 1.97. The summed E-state index contributed by atoms with van der Waals surface area (Å²) in [5, 5.41) is 0. The number of hydrogen-bond acceptors (Lipinski definition) is 2. The molecule has 1 aliphatic rings. The van der Waals surface area contributed by atoms with Crippen LogP contribution in [0.2, 0.25) is 0 Å². The minimum Gasteiger partial charge on any atom is -0.493 e. The van der Waals surface area contributed by atoms with E-state index in [9.17, 15) is 0 Å². The molecular weight excluding hydrogens is 212 g/mol. The standard InChI is InChI=1S/C15H22O2/c1-12-5-3-6-13-7-8-14(11-15(12)13)17-10-4-9-16-2/h7-8,11-12H,3-6,9-10H2,1-2H3/t12-/m0/s1. The highest BCUT2D eigenvalue weighted by molar-refractivity contribution is 5.39. The zero-order valence-corrected chi connectivity index (χ0v) is 10.9. The number of benzene rings is 1. The van der Waals surface area contributed by atoms with Crippen LogP contribution in [-0.2, 0) is 11.2 Å². The third-order valence-corrected chi connectivity index (χ3v) is 3.49. The van der Waals surface area contributed by atoms with Crippen molar-refractivity contribution in [1.29, 1.82) is 0 Å². The molecule has 0 bridgehead atoms. The average Bonchev–Trinajstić information content (AvgIpc) is 2.36. The second-order valence-electron chi connectivity index (χ2n) is 4.85. The topological polar surface area (TPSA) is 18.5 Å². The first kappa shape index (κ1) is 12.4. The molecule has 0 N–H and O–H groups in total. The van der Waals surface area contributed by atoms with Crippen LogP contribution in [-0.4, -0.2) is 20.3 Å². The largest absolute Gasteiger partial charge is 0.493 e. The van der Waals surface area contributed by atoms with Crippen molar-refractivity contribution < 1.29 is 9.47 Å². The lowest BCUT2D eigenvalue weighted by molar-refractivity contribution is 0.172. The van der Waals surface area contributed by atoms with Crippen LogP contribution in [0.15, 0.2) is 18.2 Å². The molecule has 0 saturated carbocycles. The predicted molar refractivity (Wildman–Crippen MR) is 69.8 cm³/mol. The Morgan fingerprint density at radius 2 is 2.18 bits per heavy atom. The Hall–Kier alpha value is -1.02. The number of fused-ring (bicyclic) bond motifs is 1. The Labute approximate surface area is 104 Å². The molecule has 2 heteroatoms. The van der Waals surface area contributed by atoms with Crippen LogP contribution in [0.3, 0.4) is 0 Å². The molecule has 94 valence electrons. The molecule has 1 aromatic rings. The van der Waals surface area contributed by atoms with Gasteiger partial charge in [0.15, 0.2) is 0 Å². The second kappa shape index (κ2) is 6.06. The van der Waals surface area contributed by atoms with E-state index in [0.717, 1.165) is 25.4 Å². The maximum Gasteiger partial charge on any atom is 0.119 e. The van der Waals surface area contributed by atoms with E-state index in [2.05, 4.69) is 25.1 Å². The minimum absolute atomic E-state index is 0.682. The molecule has 0 aliphatic heterocycles. The lowest BCUT2D eigenvalue weighted by Gasteiger charge is -2.22. The summed E-state index contributed by atoms with van der Waals surface area (Å²) in [5.41, 5.74) is 2.99. The van der Waals surface area contributed by atoms with Gasteiger partial charge in [-0.25, -0.2) is 0 Å². The van der Waals surface area contributed by atoms with Crippen LogP contribution >= 0.6 is 0 Å². The van der Waals surface area contributed by atoms with Crippen LogP contribution in [0.1, 0.15) is 43.2 Å². The molecule has 0 saturated heterocycles. The van der Waals surface area contributed by atoms with Gasteiger partial charge >= 0.3 is 0 Å². The summed E-state index contributed by atoms with van der Waals surface area (Å²) >= 11 is 0. The second-order valence-corrected chi connectivity index (χ2v) is 4.85. The summed E-state index contributed by atoms with van der Waals surface area (Å²) in [6.07, 6.45) is 4.80. The Morgan fingerprint density at radius 3 is 3.00 bits per heavy atom. The Morgan fingerprint density at radius 1 is 1.29 bits per heavy atom. The third-order valence-electron chi connectivity index (χ3n) is 3.49. The molecule has 0 heterocycles. The van der Waals surface area contributed by atoms with E-state index < -0.39 is 0 Å². The number of methoxy groups -OCH3 is 1. The van der Waals surface area contributed by atoms with E-state index in [0.29, 0.717) is 5.92 Å². The van der Waals surface area contributed by atoms with Crippen molar-refractivity contribution in [3.8, 4) is 5.75 Å². The maximum atomic E-state index is 5.74. The molecule has 0 radical (unpaired) electrons. The van der Waals surface area contributed by atoms with Gasteiger partial charge in [0.25, 0.3) is 0 Å². The van der Waals surface area contributed by atoms with E-state index >= 15 is 0 Å². The quantitative estimate of drug-likeness (QED) is 0.725. The molecule has 0 aromatic heterocycles. The van der Waals surface area contributed by atoms with E-state index in [1.165, 1.54) is 30.4 Å². The van der Waals surface area contributed by atoms with Crippen LogP contribution in [0, 0.1) is 0 Å². The van der Waals surface area contributed by atoms with Gasteiger partial charge in [-0.2, -0.15) is 0 Å². The van der Waals surface area contributed by atoms with E-state index in [-0.39, 0.29) is 0 Å². The number of aryl methyl sites for hydroxylation is 1. The monoisotopic (exact) mass is 234 g/mol. The van der Waals surface area contributed by atoms with Crippen molar-refractivity contribution in [2.24, 2.45) is 0 Å². The van der Waals surface area contributed by atoms with Crippen LogP contribution in [0.25, 0.3) is 0 Å². The number of ether oxygens (including phenoxy) is 2. The lowest BCUT2D eigenvalue weighted by Crippen LogP contribution is -2.08. The molecule has 1 atom stereocenters. The molecule has 0 fully saturated rings. The molecular formula is C15H22O2. The SMILES string of the molecule is COCCCOc1ccc2c(c1)[C@@H](C)CCC2. The van der Waals surface area contributed by atoms with Gasteiger partial charge in [0.2, 0.25) is 0 Å². The molecule has 2 rings (SSSR count). The summed E-state index contributed by atoms with van der Waals surface area (Å²) in [5.74, 6) is 1.69. The van der Waals surface area contributed by atoms with Crippen molar-refractivity contribution in [1.82, 2.24) is 0 Å². The van der Waals surface area contributed by atoms with Crippen molar-refractivity contribution >= 4 is 0 Å². The zero-order valence-electron chi connectivity index (χ0n) is 10.9. The summed E-state index contributed by atoms with van der Waals surface area (Å²) in [4.78, 5) is 0. The third kappa shape index (κ3) is 3.22. The van der Waals surface area contributed by atoms with E-state index in [1.54, 1.807) is 7.11 Å². The lowest BCUT2D eigenvalue weighted by atomic mass is 9.84. The molecule has 0 unspecified atom stereocenters.